The fourth-order valence-electron chi connectivity index (χ4n) is 4.03. The first-order valence-electron chi connectivity index (χ1n) is 8.36. The lowest BCUT2D eigenvalue weighted by atomic mass is 9.85. The van der Waals surface area contributed by atoms with Crippen LogP contribution in [0, 0.1) is 12.8 Å². The van der Waals surface area contributed by atoms with E-state index in [1.807, 2.05) is 19.1 Å². The molecule has 3 heteroatoms. The third-order valence-electron chi connectivity index (χ3n) is 5.11. The predicted octanol–water partition coefficient (Wildman–Crippen LogP) is 3.83. The molecular weight excluding hydrogens is 260 g/mol. The maximum atomic E-state index is 12.9. The number of amides is 1. The summed E-state index contributed by atoms with van der Waals surface area (Å²) in [4.78, 5) is 15.0. The second kappa shape index (κ2) is 6.08. The van der Waals surface area contributed by atoms with Gasteiger partial charge in [-0.15, -0.1) is 0 Å². The molecule has 2 atom stereocenters. The van der Waals surface area contributed by atoms with E-state index in [1.54, 1.807) is 0 Å². The van der Waals surface area contributed by atoms with Crippen LogP contribution in [-0.2, 0) is 0 Å². The summed E-state index contributed by atoms with van der Waals surface area (Å²) in [5.41, 5.74) is 3.06. The number of benzene rings is 1. The molecule has 2 aliphatic rings. The lowest BCUT2D eigenvalue weighted by molar-refractivity contribution is 0.0689. The number of hydrogen-bond acceptors (Lipinski definition) is 2. The van der Waals surface area contributed by atoms with Crippen molar-refractivity contribution in [1.82, 2.24) is 4.90 Å². The summed E-state index contributed by atoms with van der Waals surface area (Å²) in [6, 6.07) is 6.61. The molecule has 1 saturated carbocycles. The second-order valence-electron chi connectivity index (χ2n) is 6.46. The van der Waals surface area contributed by atoms with Gasteiger partial charge in [0.1, 0.15) is 0 Å². The third-order valence-corrected chi connectivity index (χ3v) is 5.11. The van der Waals surface area contributed by atoms with Crippen molar-refractivity contribution in [2.45, 2.75) is 52.0 Å². The standard InChI is InChI=1S/C18H26N2O/c1-3-19-15-8-9-16(13(2)12-15)18(21)20-11-10-14-6-4-5-7-17(14)20/h8-9,12,14,17,19H,3-7,10-11H2,1-2H3. The molecule has 0 bridgehead atoms. The molecular formula is C18H26N2O. The first-order chi connectivity index (χ1) is 10.2. The Kier molecular flexibility index (Phi) is 4.18. The van der Waals surface area contributed by atoms with Crippen LogP contribution in [0.2, 0.25) is 0 Å². The number of nitrogens with one attached hydrogen (secondary N) is 1. The van der Waals surface area contributed by atoms with Crippen molar-refractivity contribution in [2.24, 2.45) is 5.92 Å². The Balaban J connectivity index is 1.79. The van der Waals surface area contributed by atoms with E-state index in [4.69, 9.17) is 0 Å². The van der Waals surface area contributed by atoms with Crippen LogP contribution in [0.5, 0.6) is 0 Å². The number of anilines is 1. The summed E-state index contributed by atoms with van der Waals surface area (Å²) in [5.74, 6) is 0.994. The van der Waals surface area contributed by atoms with E-state index in [0.29, 0.717) is 6.04 Å². The number of carbonyl (C=O) groups is 1. The van der Waals surface area contributed by atoms with Crippen molar-refractivity contribution >= 4 is 11.6 Å². The zero-order chi connectivity index (χ0) is 14.8. The zero-order valence-corrected chi connectivity index (χ0v) is 13.2. The van der Waals surface area contributed by atoms with E-state index in [1.165, 1.54) is 32.1 Å². The number of likely N-dealkylation sites (tertiary alicyclic amines) is 1. The molecule has 1 amide bonds. The van der Waals surface area contributed by atoms with E-state index in [0.717, 1.165) is 35.8 Å². The van der Waals surface area contributed by atoms with Crippen LogP contribution in [0.4, 0.5) is 5.69 Å². The minimum atomic E-state index is 0.241. The van der Waals surface area contributed by atoms with Crippen molar-refractivity contribution < 1.29 is 4.79 Å². The van der Waals surface area contributed by atoms with Gasteiger partial charge in [-0.1, -0.05) is 12.8 Å². The molecule has 0 aromatic heterocycles. The number of fused-ring (bicyclic) bond motifs is 1. The van der Waals surface area contributed by atoms with Gasteiger partial charge in [-0.2, -0.15) is 0 Å². The van der Waals surface area contributed by atoms with Gasteiger partial charge in [0, 0.05) is 30.4 Å². The molecule has 3 nitrogen and oxygen atoms in total. The molecule has 114 valence electrons. The quantitative estimate of drug-likeness (QED) is 0.916. The number of rotatable bonds is 3. The van der Waals surface area contributed by atoms with Crippen LogP contribution in [0.25, 0.3) is 0 Å². The van der Waals surface area contributed by atoms with Crippen LogP contribution in [0.3, 0.4) is 0 Å². The van der Waals surface area contributed by atoms with Gasteiger partial charge >= 0.3 is 0 Å². The van der Waals surface area contributed by atoms with Gasteiger partial charge in [0.15, 0.2) is 0 Å². The lowest BCUT2D eigenvalue weighted by Crippen LogP contribution is -2.39. The minimum absolute atomic E-state index is 0.241. The fraction of sp³-hybridized carbons (Fsp3) is 0.611. The summed E-state index contributed by atoms with van der Waals surface area (Å²) in [7, 11) is 0. The zero-order valence-electron chi connectivity index (χ0n) is 13.2. The molecule has 21 heavy (non-hydrogen) atoms. The number of hydrogen-bond donors (Lipinski definition) is 1. The minimum Gasteiger partial charge on any atom is -0.385 e. The van der Waals surface area contributed by atoms with Gasteiger partial charge in [0.25, 0.3) is 5.91 Å². The normalized spacial score (nSPS) is 24.8. The molecule has 2 fully saturated rings. The average molecular weight is 286 g/mol. The Morgan fingerprint density at radius 3 is 2.86 bits per heavy atom. The maximum absolute atomic E-state index is 12.9. The molecule has 1 aliphatic heterocycles. The van der Waals surface area contributed by atoms with E-state index in [9.17, 15) is 4.79 Å². The Morgan fingerprint density at radius 2 is 2.10 bits per heavy atom. The highest BCUT2D eigenvalue weighted by Gasteiger charge is 2.38. The van der Waals surface area contributed by atoms with Gasteiger partial charge < -0.3 is 10.2 Å². The molecule has 2 unspecified atom stereocenters. The van der Waals surface area contributed by atoms with E-state index >= 15 is 0 Å². The van der Waals surface area contributed by atoms with Crippen LogP contribution < -0.4 is 5.32 Å². The topological polar surface area (TPSA) is 32.3 Å². The Labute approximate surface area is 127 Å². The van der Waals surface area contributed by atoms with E-state index < -0.39 is 0 Å². The van der Waals surface area contributed by atoms with Gasteiger partial charge in [0.05, 0.1) is 0 Å². The van der Waals surface area contributed by atoms with Crippen LogP contribution in [0.15, 0.2) is 18.2 Å². The molecule has 0 spiro atoms. The van der Waals surface area contributed by atoms with Gasteiger partial charge in [-0.05, 0) is 62.8 Å². The Hall–Kier alpha value is -1.51. The first-order valence-corrected chi connectivity index (χ1v) is 8.36. The highest BCUT2D eigenvalue weighted by Crippen LogP contribution is 2.37. The maximum Gasteiger partial charge on any atom is 0.254 e. The van der Waals surface area contributed by atoms with Gasteiger partial charge in [0.2, 0.25) is 0 Å². The largest absolute Gasteiger partial charge is 0.385 e. The van der Waals surface area contributed by atoms with Crippen molar-refractivity contribution in [1.29, 1.82) is 0 Å². The second-order valence-corrected chi connectivity index (χ2v) is 6.46. The van der Waals surface area contributed by atoms with Gasteiger partial charge in [-0.3, -0.25) is 4.79 Å². The monoisotopic (exact) mass is 286 g/mol. The highest BCUT2D eigenvalue weighted by atomic mass is 16.2. The summed E-state index contributed by atoms with van der Waals surface area (Å²) < 4.78 is 0. The number of aryl methyl sites for hydroxylation is 1. The SMILES string of the molecule is CCNc1ccc(C(=O)N2CCC3CCCCC32)c(C)c1. The van der Waals surface area contributed by atoms with Gasteiger partial charge in [-0.25, -0.2) is 0 Å². The first kappa shape index (κ1) is 14.4. The number of nitrogens with zero attached hydrogens (tertiary/aromatic N) is 1. The van der Waals surface area contributed by atoms with Crippen LogP contribution >= 0.6 is 0 Å². The fourth-order valence-corrected chi connectivity index (χ4v) is 4.03. The Bertz CT molecular complexity index is 526. The van der Waals surface area contributed by atoms with E-state index in [2.05, 4.69) is 23.2 Å². The van der Waals surface area contributed by atoms with Crippen molar-refractivity contribution in [3.05, 3.63) is 29.3 Å². The third kappa shape index (κ3) is 2.78. The molecule has 0 radical (unpaired) electrons. The van der Waals surface area contributed by atoms with Crippen molar-refractivity contribution in [2.75, 3.05) is 18.4 Å². The molecule has 1 saturated heterocycles. The molecule has 1 aromatic rings. The molecule has 3 rings (SSSR count). The molecule has 1 aromatic carbocycles. The highest BCUT2D eigenvalue weighted by molar-refractivity contribution is 5.96. The van der Waals surface area contributed by atoms with E-state index in [-0.39, 0.29) is 5.91 Å². The summed E-state index contributed by atoms with van der Waals surface area (Å²) >= 11 is 0. The van der Waals surface area contributed by atoms with Crippen molar-refractivity contribution in [3.63, 3.8) is 0 Å². The van der Waals surface area contributed by atoms with Crippen LogP contribution in [-0.4, -0.2) is 29.9 Å². The molecule has 1 N–H and O–H groups in total. The summed E-state index contributed by atoms with van der Waals surface area (Å²) in [5, 5.41) is 3.30. The molecule has 1 aliphatic carbocycles. The lowest BCUT2D eigenvalue weighted by Gasteiger charge is -2.32. The Morgan fingerprint density at radius 1 is 1.29 bits per heavy atom. The summed E-state index contributed by atoms with van der Waals surface area (Å²) in [6.07, 6.45) is 6.34. The molecule has 1 heterocycles. The average Bonchev–Trinajstić information content (AvgIpc) is 2.91. The predicted molar refractivity (Wildman–Crippen MR) is 86.7 cm³/mol. The van der Waals surface area contributed by atoms with Crippen LogP contribution in [0.1, 0.15) is 54.9 Å². The smallest absolute Gasteiger partial charge is 0.254 e. The number of carbonyl (C=O) groups excluding carboxylic acids is 1. The summed E-state index contributed by atoms with van der Waals surface area (Å²) in [6.45, 7) is 5.98. The van der Waals surface area contributed by atoms with Crippen molar-refractivity contribution in [3.8, 4) is 0 Å².